The van der Waals surface area contributed by atoms with Gasteiger partial charge < -0.3 is 0 Å². The van der Waals surface area contributed by atoms with Crippen molar-refractivity contribution < 1.29 is 4.79 Å². The molecule has 0 unspecified atom stereocenters. The van der Waals surface area contributed by atoms with Crippen LogP contribution in [0.5, 0.6) is 0 Å². The standard InChI is InChI=1S/C20H19ClN2OS/c1-13(2)15-9-7-14(8-10-15)11-18-19(24)23(3)20(25-18)22-17-6-4-5-16(21)12-17/h4-13H,1-3H3/b18-11+,22-20?. The number of carbonyl (C=O) groups is 1. The molecule has 5 heteroatoms. The number of amides is 1. The molecule has 1 aliphatic rings. The summed E-state index contributed by atoms with van der Waals surface area (Å²) in [5.74, 6) is 0.450. The van der Waals surface area contributed by atoms with Crippen LogP contribution in [-0.4, -0.2) is 23.0 Å². The molecule has 128 valence electrons. The van der Waals surface area contributed by atoms with Gasteiger partial charge in [-0.25, -0.2) is 4.99 Å². The van der Waals surface area contributed by atoms with Crippen LogP contribution in [0.4, 0.5) is 5.69 Å². The fourth-order valence-corrected chi connectivity index (χ4v) is 3.61. The van der Waals surface area contributed by atoms with E-state index >= 15 is 0 Å². The van der Waals surface area contributed by atoms with Gasteiger partial charge >= 0.3 is 0 Å². The second kappa shape index (κ2) is 7.46. The molecule has 0 bridgehead atoms. The van der Waals surface area contributed by atoms with Crippen LogP contribution in [0.2, 0.25) is 5.02 Å². The van der Waals surface area contributed by atoms with Gasteiger partial charge in [-0.3, -0.25) is 9.69 Å². The molecule has 2 aromatic rings. The molecule has 0 N–H and O–H groups in total. The van der Waals surface area contributed by atoms with Crippen molar-refractivity contribution >= 4 is 46.2 Å². The van der Waals surface area contributed by atoms with Crippen molar-refractivity contribution in [1.29, 1.82) is 0 Å². The maximum Gasteiger partial charge on any atom is 0.266 e. The molecule has 0 atom stereocenters. The molecule has 0 saturated carbocycles. The predicted molar refractivity (Wildman–Crippen MR) is 107 cm³/mol. The number of amidine groups is 1. The van der Waals surface area contributed by atoms with Crippen LogP contribution in [-0.2, 0) is 4.79 Å². The van der Waals surface area contributed by atoms with Gasteiger partial charge in [-0.2, -0.15) is 0 Å². The zero-order chi connectivity index (χ0) is 18.0. The highest BCUT2D eigenvalue weighted by Gasteiger charge is 2.30. The molecular weight excluding hydrogens is 352 g/mol. The van der Waals surface area contributed by atoms with Gasteiger partial charge in [-0.1, -0.05) is 55.8 Å². The summed E-state index contributed by atoms with van der Waals surface area (Å²) in [6, 6.07) is 15.6. The largest absolute Gasteiger partial charge is 0.290 e. The monoisotopic (exact) mass is 370 g/mol. The molecule has 1 saturated heterocycles. The summed E-state index contributed by atoms with van der Waals surface area (Å²) in [5, 5.41) is 1.28. The highest BCUT2D eigenvalue weighted by molar-refractivity contribution is 8.18. The minimum atomic E-state index is -0.0429. The van der Waals surface area contributed by atoms with E-state index in [2.05, 4.69) is 31.0 Å². The van der Waals surface area contributed by atoms with E-state index in [1.165, 1.54) is 17.3 Å². The van der Waals surface area contributed by atoms with Crippen LogP contribution in [0.25, 0.3) is 6.08 Å². The second-order valence-corrected chi connectivity index (χ2v) is 7.62. The van der Waals surface area contributed by atoms with Crippen LogP contribution in [0.1, 0.15) is 30.9 Å². The lowest BCUT2D eigenvalue weighted by molar-refractivity contribution is -0.121. The van der Waals surface area contributed by atoms with Crippen molar-refractivity contribution in [3.05, 3.63) is 69.6 Å². The van der Waals surface area contributed by atoms with Crippen molar-refractivity contribution in [2.75, 3.05) is 7.05 Å². The minimum absolute atomic E-state index is 0.0429. The SMILES string of the molecule is CC(C)c1ccc(/C=C2/SC(=Nc3cccc(Cl)c3)N(C)C2=O)cc1. The fourth-order valence-electron chi connectivity index (χ4n) is 2.44. The number of hydrogen-bond acceptors (Lipinski definition) is 3. The topological polar surface area (TPSA) is 32.7 Å². The Labute approximate surface area is 157 Å². The van der Waals surface area contributed by atoms with E-state index in [4.69, 9.17) is 11.6 Å². The van der Waals surface area contributed by atoms with E-state index in [1.807, 2.05) is 30.3 Å². The molecule has 0 aliphatic carbocycles. The molecule has 1 amide bonds. The molecule has 25 heavy (non-hydrogen) atoms. The van der Waals surface area contributed by atoms with Crippen molar-refractivity contribution in [3.63, 3.8) is 0 Å². The maximum absolute atomic E-state index is 12.5. The predicted octanol–water partition coefficient (Wildman–Crippen LogP) is 5.70. The lowest BCUT2D eigenvalue weighted by Gasteiger charge is -2.07. The summed E-state index contributed by atoms with van der Waals surface area (Å²) in [7, 11) is 1.74. The summed E-state index contributed by atoms with van der Waals surface area (Å²) in [4.78, 5) is 19.3. The third-order valence-electron chi connectivity index (χ3n) is 3.94. The van der Waals surface area contributed by atoms with Gasteiger partial charge in [0, 0.05) is 12.1 Å². The number of likely N-dealkylation sites (N-methyl/N-ethyl adjacent to an activating group) is 1. The Morgan fingerprint density at radius 1 is 1.16 bits per heavy atom. The van der Waals surface area contributed by atoms with E-state index in [0.717, 1.165) is 11.3 Å². The fraction of sp³-hybridized carbons (Fsp3) is 0.200. The Morgan fingerprint density at radius 3 is 2.52 bits per heavy atom. The van der Waals surface area contributed by atoms with Crippen molar-refractivity contribution in [2.24, 2.45) is 4.99 Å². The first-order chi connectivity index (χ1) is 11.9. The lowest BCUT2D eigenvalue weighted by Crippen LogP contribution is -2.23. The van der Waals surface area contributed by atoms with Crippen LogP contribution in [0, 0.1) is 0 Å². The number of hydrogen-bond donors (Lipinski definition) is 0. The van der Waals surface area contributed by atoms with Crippen molar-refractivity contribution in [2.45, 2.75) is 19.8 Å². The molecule has 3 rings (SSSR count). The number of carbonyl (C=O) groups excluding carboxylic acids is 1. The molecule has 1 aliphatic heterocycles. The minimum Gasteiger partial charge on any atom is -0.290 e. The van der Waals surface area contributed by atoms with Gasteiger partial charge in [0.25, 0.3) is 5.91 Å². The Hall–Kier alpha value is -2.04. The van der Waals surface area contributed by atoms with E-state index in [-0.39, 0.29) is 5.91 Å². The van der Waals surface area contributed by atoms with E-state index in [1.54, 1.807) is 24.1 Å². The number of nitrogens with zero attached hydrogens (tertiary/aromatic N) is 2. The van der Waals surface area contributed by atoms with Gasteiger partial charge in [0.2, 0.25) is 0 Å². The normalized spacial score (nSPS) is 18.0. The zero-order valence-electron chi connectivity index (χ0n) is 14.4. The third-order valence-corrected chi connectivity index (χ3v) is 5.23. The molecule has 1 heterocycles. The van der Waals surface area contributed by atoms with E-state index < -0.39 is 0 Å². The second-order valence-electron chi connectivity index (χ2n) is 6.17. The van der Waals surface area contributed by atoms with Crippen LogP contribution in [0.3, 0.4) is 0 Å². The maximum atomic E-state index is 12.5. The molecule has 2 aromatic carbocycles. The van der Waals surface area contributed by atoms with Crippen LogP contribution in [0.15, 0.2) is 58.4 Å². The van der Waals surface area contributed by atoms with Gasteiger partial charge in [0.1, 0.15) is 0 Å². The molecular formula is C20H19ClN2OS. The summed E-state index contributed by atoms with van der Waals surface area (Å²) in [6.07, 6.45) is 1.91. The average Bonchev–Trinajstić information content (AvgIpc) is 2.83. The summed E-state index contributed by atoms with van der Waals surface area (Å²) in [6.45, 7) is 4.33. The van der Waals surface area contributed by atoms with Crippen molar-refractivity contribution in [1.82, 2.24) is 4.90 Å². The molecule has 0 aromatic heterocycles. The number of thioether (sulfide) groups is 1. The van der Waals surface area contributed by atoms with Gasteiger partial charge in [0.15, 0.2) is 5.17 Å². The quantitative estimate of drug-likeness (QED) is 0.649. The summed E-state index contributed by atoms with van der Waals surface area (Å²) in [5.41, 5.74) is 3.03. The Balaban J connectivity index is 1.85. The highest BCUT2D eigenvalue weighted by atomic mass is 35.5. The van der Waals surface area contributed by atoms with Gasteiger partial charge in [0.05, 0.1) is 10.6 Å². The first-order valence-corrected chi connectivity index (χ1v) is 9.25. The van der Waals surface area contributed by atoms with E-state index in [9.17, 15) is 4.79 Å². The average molecular weight is 371 g/mol. The first-order valence-electron chi connectivity index (χ1n) is 8.06. The highest BCUT2D eigenvalue weighted by Crippen LogP contribution is 2.33. The lowest BCUT2D eigenvalue weighted by atomic mass is 10.0. The molecule has 0 spiro atoms. The first kappa shape index (κ1) is 17.8. The number of benzene rings is 2. The smallest absolute Gasteiger partial charge is 0.266 e. The number of rotatable bonds is 3. The van der Waals surface area contributed by atoms with Gasteiger partial charge in [-0.15, -0.1) is 0 Å². The zero-order valence-corrected chi connectivity index (χ0v) is 15.9. The summed E-state index contributed by atoms with van der Waals surface area (Å²) < 4.78 is 0. The molecule has 3 nitrogen and oxygen atoms in total. The van der Waals surface area contributed by atoms with Crippen LogP contribution < -0.4 is 0 Å². The van der Waals surface area contributed by atoms with Crippen LogP contribution >= 0.6 is 23.4 Å². The Bertz CT molecular complexity index is 856. The van der Waals surface area contributed by atoms with Crippen molar-refractivity contribution in [3.8, 4) is 0 Å². The van der Waals surface area contributed by atoms with E-state index in [0.29, 0.717) is 21.0 Å². The van der Waals surface area contributed by atoms with Gasteiger partial charge in [-0.05, 0) is 53.1 Å². The molecule has 0 radical (unpaired) electrons. The Kier molecular flexibility index (Phi) is 5.30. The Morgan fingerprint density at radius 2 is 1.88 bits per heavy atom. The third kappa shape index (κ3) is 4.14. The number of halogens is 1. The summed E-state index contributed by atoms with van der Waals surface area (Å²) >= 11 is 7.38. The molecule has 1 fully saturated rings. The number of aliphatic imine (C=N–C) groups is 1.